The number of ether oxygens (including phenoxy) is 1. The van der Waals surface area contributed by atoms with E-state index in [1.54, 1.807) is 14.0 Å². The Hall–Kier alpha value is -1.57. The number of hydrogen-bond donors (Lipinski definition) is 0. The van der Waals surface area contributed by atoms with Gasteiger partial charge in [0.2, 0.25) is 0 Å². The van der Waals surface area contributed by atoms with Gasteiger partial charge < -0.3 is 9.53 Å². The highest BCUT2D eigenvalue weighted by molar-refractivity contribution is 5.75. The molecular weight excluding hydrogens is 212 g/mol. The number of Topliss-reactive ketones (excluding diaryl/α,β-unsaturated/α-hetero) is 1. The number of benzene rings is 1. The Morgan fingerprint density at radius 1 is 1.29 bits per heavy atom. The molecule has 92 valence electrons. The van der Waals surface area contributed by atoms with Crippen LogP contribution < -0.4 is 4.74 Å². The zero-order valence-corrected chi connectivity index (χ0v) is 11.0. The van der Waals surface area contributed by atoms with Gasteiger partial charge in [-0.3, -0.25) is 0 Å². The molecule has 0 aromatic heterocycles. The van der Waals surface area contributed by atoms with E-state index in [1.807, 2.05) is 12.1 Å². The molecule has 0 atom stereocenters. The smallest absolute Gasteiger partial charge is 0.130 e. The molecule has 0 N–H and O–H groups in total. The van der Waals surface area contributed by atoms with Crippen molar-refractivity contribution in [2.75, 3.05) is 7.11 Å². The molecule has 1 aromatic rings. The monoisotopic (exact) mass is 232 g/mol. The molecule has 0 fully saturated rings. The molecule has 0 aliphatic carbocycles. The van der Waals surface area contributed by atoms with Gasteiger partial charge in [-0.25, -0.2) is 0 Å². The summed E-state index contributed by atoms with van der Waals surface area (Å²) in [5.41, 5.74) is 3.58. The van der Waals surface area contributed by atoms with Crippen molar-refractivity contribution in [1.29, 1.82) is 0 Å². The summed E-state index contributed by atoms with van der Waals surface area (Å²) in [5, 5.41) is 0. The molecule has 0 unspecified atom stereocenters. The van der Waals surface area contributed by atoms with Crippen LogP contribution in [-0.2, 0) is 4.79 Å². The standard InChI is InChI=1S/C15H20O2/c1-11(16)7-5-6-8-14-9-10-15(17-4)13(3)12(14)2/h6,8-10H,5,7H2,1-4H3/b8-6+. The predicted octanol–water partition coefficient (Wildman–Crippen LogP) is 3.69. The lowest BCUT2D eigenvalue weighted by atomic mass is 10.0. The number of rotatable bonds is 5. The Morgan fingerprint density at radius 3 is 2.59 bits per heavy atom. The molecule has 0 bridgehead atoms. The normalized spacial score (nSPS) is 10.8. The Balaban J connectivity index is 2.79. The molecule has 0 aliphatic rings. The SMILES string of the molecule is COc1ccc(/C=C/CCC(C)=O)c(C)c1C. The molecule has 2 heteroatoms. The van der Waals surface area contributed by atoms with Crippen molar-refractivity contribution in [3.63, 3.8) is 0 Å². The van der Waals surface area contributed by atoms with Crippen molar-refractivity contribution in [2.45, 2.75) is 33.6 Å². The molecule has 0 aliphatic heterocycles. The number of carbonyl (C=O) groups excluding carboxylic acids is 1. The second-order valence-electron chi connectivity index (χ2n) is 4.25. The second kappa shape index (κ2) is 6.24. The zero-order chi connectivity index (χ0) is 12.8. The molecule has 1 aromatic carbocycles. The molecular formula is C15H20O2. The van der Waals surface area contributed by atoms with Crippen molar-refractivity contribution in [2.24, 2.45) is 0 Å². The predicted molar refractivity (Wildman–Crippen MR) is 71.4 cm³/mol. The first-order valence-electron chi connectivity index (χ1n) is 5.86. The van der Waals surface area contributed by atoms with Crippen molar-refractivity contribution < 1.29 is 9.53 Å². The molecule has 17 heavy (non-hydrogen) atoms. The van der Waals surface area contributed by atoms with Gasteiger partial charge in [-0.2, -0.15) is 0 Å². The van der Waals surface area contributed by atoms with E-state index in [9.17, 15) is 4.79 Å². The van der Waals surface area contributed by atoms with Gasteiger partial charge in [-0.05, 0) is 49.9 Å². The summed E-state index contributed by atoms with van der Waals surface area (Å²) in [6, 6.07) is 4.03. The van der Waals surface area contributed by atoms with Crippen LogP contribution in [0.25, 0.3) is 6.08 Å². The number of allylic oxidation sites excluding steroid dienone is 1. The first-order chi connectivity index (χ1) is 8.06. The average molecular weight is 232 g/mol. The van der Waals surface area contributed by atoms with Crippen molar-refractivity contribution in [1.82, 2.24) is 0 Å². The third kappa shape index (κ3) is 3.74. The zero-order valence-electron chi connectivity index (χ0n) is 11.0. The van der Waals surface area contributed by atoms with E-state index in [0.29, 0.717) is 6.42 Å². The summed E-state index contributed by atoms with van der Waals surface area (Å²) in [6.07, 6.45) is 5.55. The topological polar surface area (TPSA) is 26.3 Å². The van der Waals surface area contributed by atoms with Gasteiger partial charge in [0.1, 0.15) is 11.5 Å². The van der Waals surface area contributed by atoms with E-state index >= 15 is 0 Å². The van der Waals surface area contributed by atoms with E-state index in [1.165, 1.54) is 16.7 Å². The van der Waals surface area contributed by atoms with Crippen LogP contribution in [-0.4, -0.2) is 12.9 Å². The molecule has 2 nitrogen and oxygen atoms in total. The van der Waals surface area contributed by atoms with Crippen molar-refractivity contribution in [3.05, 3.63) is 34.9 Å². The minimum atomic E-state index is 0.234. The van der Waals surface area contributed by atoms with Gasteiger partial charge in [0, 0.05) is 6.42 Å². The van der Waals surface area contributed by atoms with E-state index in [4.69, 9.17) is 4.74 Å². The number of methoxy groups -OCH3 is 1. The first-order valence-corrected chi connectivity index (χ1v) is 5.86. The highest BCUT2D eigenvalue weighted by Gasteiger charge is 2.03. The van der Waals surface area contributed by atoms with Gasteiger partial charge in [-0.1, -0.05) is 18.2 Å². The summed E-state index contributed by atoms with van der Waals surface area (Å²) in [4.78, 5) is 10.8. The minimum absolute atomic E-state index is 0.234. The largest absolute Gasteiger partial charge is 0.496 e. The summed E-state index contributed by atoms with van der Waals surface area (Å²) >= 11 is 0. The fourth-order valence-electron chi connectivity index (χ4n) is 1.72. The summed E-state index contributed by atoms with van der Waals surface area (Å²) in [5.74, 6) is 1.15. The summed E-state index contributed by atoms with van der Waals surface area (Å²) in [7, 11) is 1.68. The van der Waals surface area contributed by atoms with Crippen LogP contribution in [0.4, 0.5) is 0 Å². The second-order valence-corrected chi connectivity index (χ2v) is 4.25. The Kier molecular flexibility index (Phi) is 4.95. The third-order valence-corrected chi connectivity index (χ3v) is 2.96. The first kappa shape index (κ1) is 13.5. The lowest BCUT2D eigenvalue weighted by molar-refractivity contribution is -0.116. The molecule has 0 saturated carbocycles. The van der Waals surface area contributed by atoms with E-state index in [0.717, 1.165) is 12.2 Å². The Morgan fingerprint density at radius 2 is 2.00 bits per heavy atom. The molecule has 0 saturated heterocycles. The highest BCUT2D eigenvalue weighted by Crippen LogP contribution is 2.24. The maximum Gasteiger partial charge on any atom is 0.130 e. The van der Waals surface area contributed by atoms with Gasteiger partial charge in [-0.15, -0.1) is 0 Å². The lowest BCUT2D eigenvalue weighted by Gasteiger charge is -2.09. The van der Waals surface area contributed by atoms with E-state index < -0.39 is 0 Å². The van der Waals surface area contributed by atoms with Crippen molar-refractivity contribution in [3.8, 4) is 5.75 Å². The van der Waals surface area contributed by atoms with Crippen molar-refractivity contribution >= 4 is 11.9 Å². The number of carbonyl (C=O) groups is 1. The van der Waals surface area contributed by atoms with Crippen LogP contribution in [0.5, 0.6) is 5.75 Å². The molecule has 0 amide bonds. The summed E-state index contributed by atoms with van der Waals surface area (Å²) < 4.78 is 5.27. The molecule has 1 rings (SSSR count). The minimum Gasteiger partial charge on any atom is -0.496 e. The quantitative estimate of drug-likeness (QED) is 0.773. The van der Waals surface area contributed by atoms with Gasteiger partial charge in [0.25, 0.3) is 0 Å². The van der Waals surface area contributed by atoms with Crippen LogP contribution in [0.1, 0.15) is 36.5 Å². The third-order valence-electron chi connectivity index (χ3n) is 2.96. The van der Waals surface area contributed by atoms with E-state index in [-0.39, 0.29) is 5.78 Å². The maximum absolute atomic E-state index is 10.8. The van der Waals surface area contributed by atoms with Gasteiger partial charge >= 0.3 is 0 Å². The number of ketones is 1. The van der Waals surface area contributed by atoms with Gasteiger partial charge in [0.05, 0.1) is 7.11 Å². The van der Waals surface area contributed by atoms with Crippen LogP contribution in [0.3, 0.4) is 0 Å². The number of hydrogen-bond acceptors (Lipinski definition) is 2. The van der Waals surface area contributed by atoms with Crippen LogP contribution >= 0.6 is 0 Å². The van der Waals surface area contributed by atoms with Crippen LogP contribution in [0, 0.1) is 13.8 Å². The highest BCUT2D eigenvalue weighted by atomic mass is 16.5. The van der Waals surface area contributed by atoms with Crippen LogP contribution in [0.2, 0.25) is 0 Å². The van der Waals surface area contributed by atoms with E-state index in [2.05, 4.69) is 26.0 Å². The maximum atomic E-state index is 10.8. The lowest BCUT2D eigenvalue weighted by Crippen LogP contribution is -1.92. The Labute approximate surface area is 103 Å². The average Bonchev–Trinajstić information content (AvgIpc) is 2.29. The summed E-state index contributed by atoms with van der Waals surface area (Å²) in [6.45, 7) is 5.76. The Bertz CT molecular complexity index is 431. The molecule has 0 heterocycles. The fraction of sp³-hybridized carbons (Fsp3) is 0.400. The molecule has 0 spiro atoms. The molecule has 0 radical (unpaired) electrons. The van der Waals surface area contributed by atoms with Gasteiger partial charge in [0.15, 0.2) is 0 Å². The van der Waals surface area contributed by atoms with Crippen LogP contribution in [0.15, 0.2) is 18.2 Å². The fourth-order valence-corrected chi connectivity index (χ4v) is 1.72.